The fraction of sp³-hybridized carbons (Fsp3) is 0.692. The molecule has 1 saturated carbocycles. The minimum Gasteiger partial charge on any atom is -0.373 e. The fourth-order valence-corrected chi connectivity index (χ4v) is 2.97. The van der Waals surface area contributed by atoms with E-state index >= 15 is 0 Å². The first-order valence-electron chi connectivity index (χ1n) is 6.38. The van der Waals surface area contributed by atoms with Crippen LogP contribution in [0.15, 0.2) is 18.7 Å². The highest BCUT2D eigenvalue weighted by Crippen LogP contribution is 2.42. The molecule has 1 aromatic heterocycles. The van der Waals surface area contributed by atoms with Gasteiger partial charge in [-0.15, -0.1) is 0 Å². The quantitative estimate of drug-likeness (QED) is 0.849. The average molecular weight is 235 g/mol. The molecular formula is C13H21N3O. The average Bonchev–Trinajstić information content (AvgIpc) is 2.81. The second kappa shape index (κ2) is 5.56. The van der Waals surface area contributed by atoms with Crippen molar-refractivity contribution in [3.63, 3.8) is 0 Å². The van der Waals surface area contributed by atoms with Crippen molar-refractivity contribution in [3.8, 4) is 0 Å². The summed E-state index contributed by atoms with van der Waals surface area (Å²) in [5.41, 5.74) is 1.04. The van der Waals surface area contributed by atoms with Gasteiger partial charge in [-0.1, -0.05) is 12.8 Å². The first-order chi connectivity index (χ1) is 8.32. The highest BCUT2D eigenvalue weighted by Gasteiger charge is 2.42. The number of nitrogens with zero attached hydrogens (tertiary/aromatic N) is 2. The lowest BCUT2D eigenvalue weighted by Gasteiger charge is -2.37. The molecule has 4 heteroatoms. The number of ether oxygens (including phenoxy) is 1. The van der Waals surface area contributed by atoms with Gasteiger partial charge in [-0.2, -0.15) is 0 Å². The van der Waals surface area contributed by atoms with Gasteiger partial charge in [-0.25, -0.2) is 9.97 Å². The van der Waals surface area contributed by atoms with Crippen LogP contribution in [0.5, 0.6) is 0 Å². The van der Waals surface area contributed by atoms with Crippen molar-refractivity contribution in [2.45, 2.75) is 44.2 Å². The van der Waals surface area contributed by atoms with Gasteiger partial charge >= 0.3 is 0 Å². The highest BCUT2D eigenvalue weighted by atomic mass is 16.5. The van der Waals surface area contributed by atoms with E-state index in [4.69, 9.17) is 4.74 Å². The molecule has 0 aliphatic heterocycles. The molecule has 1 heterocycles. The van der Waals surface area contributed by atoms with E-state index in [0.717, 1.165) is 25.0 Å². The molecule has 0 radical (unpaired) electrons. The van der Waals surface area contributed by atoms with E-state index in [1.807, 2.05) is 19.4 Å². The number of hydrogen-bond acceptors (Lipinski definition) is 4. The number of aromatic nitrogens is 2. The second-order valence-corrected chi connectivity index (χ2v) is 4.60. The van der Waals surface area contributed by atoms with Crippen molar-refractivity contribution in [2.24, 2.45) is 0 Å². The molecular weight excluding hydrogens is 214 g/mol. The van der Waals surface area contributed by atoms with Gasteiger partial charge in [-0.3, -0.25) is 0 Å². The van der Waals surface area contributed by atoms with E-state index in [-0.39, 0.29) is 11.6 Å². The predicted molar refractivity (Wildman–Crippen MR) is 66.7 cm³/mol. The van der Waals surface area contributed by atoms with Crippen LogP contribution in [0, 0.1) is 0 Å². The molecule has 0 spiro atoms. The molecule has 0 amide bonds. The van der Waals surface area contributed by atoms with Crippen LogP contribution in [0.2, 0.25) is 0 Å². The summed E-state index contributed by atoms with van der Waals surface area (Å²) in [6.45, 7) is 2.82. The summed E-state index contributed by atoms with van der Waals surface area (Å²) in [7, 11) is 1.98. The minimum atomic E-state index is -0.0752. The van der Waals surface area contributed by atoms with Crippen molar-refractivity contribution in [2.75, 3.05) is 13.7 Å². The summed E-state index contributed by atoms with van der Waals surface area (Å²) < 4.78 is 6.08. The molecule has 1 atom stereocenters. The molecule has 1 aliphatic carbocycles. The zero-order chi connectivity index (χ0) is 12.1. The van der Waals surface area contributed by atoms with Gasteiger partial charge in [0.15, 0.2) is 0 Å². The third-order valence-corrected chi connectivity index (χ3v) is 3.61. The Morgan fingerprint density at radius 3 is 2.53 bits per heavy atom. The Kier molecular flexibility index (Phi) is 4.07. The number of likely N-dealkylation sites (N-methyl/N-ethyl adjacent to an activating group) is 1. The molecule has 1 aliphatic rings. The van der Waals surface area contributed by atoms with E-state index in [1.54, 1.807) is 6.33 Å². The van der Waals surface area contributed by atoms with Crippen LogP contribution in [0.4, 0.5) is 0 Å². The molecule has 0 bridgehead atoms. The van der Waals surface area contributed by atoms with Gasteiger partial charge in [0, 0.05) is 24.6 Å². The molecule has 1 aromatic rings. The van der Waals surface area contributed by atoms with Crippen molar-refractivity contribution in [1.82, 2.24) is 15.3 Å². The van der Waals surface area contributed by atoms with Crippen molar-refractivity contribution in [3.05, 3.63) is 24.3 Å². The Bertz CT molecular complexity index is 336. The maximum Gasteiger partial charge on any atom is 0.115 e. The van der Waals surface area contributed by atoms with E-state index in [2.05, 4.69) is 22.2 Å². The van der Waals surface area contributed by atoms with E-state index in [0.29, 0.717) is 0 Å². The summed E-state index contributed by atoms with van der Waals surface area (Å²) in [5.74, 6) is 0. The standard InChI is InChI=1S/C13H21N3O/c1-3-17-13(6-4-5-7-13)12(14-2)11-8-15-10-16-9-11/h8-10,12,14H,3-7H2,1-2H3. The Balaban J connectivity index is 2.26. The minimum absolute atomic E-state index is 0.0752. The zero-order valence-corrected chi connectivity index (χ0v) is 10.6. The molecule has 1 N–H and O–H groups in total. The third-order valence-electron chi connectivity index (χ3n) is 3.61. The molecule has 17 heavy (non-hydrogen) atoms. The van der Waals surface area contributed by atoms with Crippen LogP contribution >= 0.6 is 0 Å². The van der Waals surface area contributed by atoms with Gasteiger partial charge in [-0.05, 0) is 26.8 Å². The summed E-state index contributed by atoms with van der Waals surface area (Å²) in [6, 6.07) is 0.186. The van der Waals surface area contributed by atoms with Gasteiger partial charge in [0.2, 0.25) is 0 Å². The van der Waals surface area contributed by atoms with Gasteiger partial charge in [0.05, 0.1) is 11.6 Å². The Morgan fingerprint density at radius 1 is 1.35 bits per heavy atom. The van der Waals surface area contributed by atoms with Crippen LogP contribution in [0.3, 0.4) is 0 Å². The smallest absolute Gasteiger partial charge is 0.115 e. The largest absolute Gasteiger partial charge is 0.373 e. The van der Waals surface area contributed by atoms with Crippen molar-refractivity contribution < 1.29 is 4.74 Å². The van der Waals surface area contributed by atoms with Crippen molar-refractivity contribution >= 4 is 0 Å². The van der Waals surface area contributed by atoms with Crippen LogP contribution in [0.25, 0.3) is 0 Å². The van der Waals surface area contributed by atoms with E-state index in [1.165, 1.54) is 12.8 Å². The first kappa shape index (κ1) is 12.5. The van der Waals surface area contributed by atoms with Gasteiger partial charge in [0.25, 0.3) is 0 Å². The summed E-state index contributed by atoms with van der Waals surface area (Å²) >= 11 is 0. The highest BCUT2D eigenvalue weighted by molar-refractivity contribution is 5.16. The predicted octanol–water partition coefficient (Wildman–Crippen LogP) is 2.09. The zero-order valence-electron chi connectivity index (χ0n) is 10.6. The SMILES string of the molecule is CCOC1(C(NC)c2cncnc2)CCCC1. The Hall–Kier alpha value is -1.00. The summed E-state index contributed by atoms with van der Waals surface area (Å²) in [5, 5.41) is 3.38. The molecule has 2 rings (SSSR count). The number of nitrogens with one attached hydrogen (secondary N) is 1. The molecule has 1 unspecified atom stereocenters. The molecule has 4 nitrogen and oxygen atoms in total. The summed E-state index contributed by atoms with van der Waals surface area (Å²) in [4.78, 5) is 8.22. The summed E-state index contributed by atoms with van der Waals surface area (Å²) in [6.07, 6.45) is 10.0. The lowest BCUT2D eigenvalue weighted by atomic mass is 9.88. The molecule has 94 valence electrons. The molecule has 0 aromatic carbocycles. The van der Waals surface area contributed by atoms with Crippen LogP contribution in [-0.2, 0) is 4.74 Å². The fourth-order valence-electron chi connectivity index (χ4n) is 2.97. The van der Waals surface area contributed by atoms with Gasteiger partial charge in [0.1, 0.15) is 6.33 Å². The lowest BCUT2D eigenvalue weighted by molar-refractivity contribution is -0.0611. The normalized spacial score (nSPS) is 20.4. The maximum absolute atomic E-state index is 6.08. The molecule has 0 saturated heterocycles. The van der Waals surface area contributed by atoms with E-state index < -0.39 is 0 Å². The van der Waals surface area contributed by atoms with Crippen LogP contribution in [-0.4, -0.2) is 29.2 Å². The first-order valence-corrected chi connectivity index (χ1v) is 6.38. The van der Waals surface area contributed by atoms with Crippen molar-refractivity contribution in [1.29, 1.82) is 0 Å². The Morgan fingerprint density at radius 2 is 2.00 bits per heavy atom. The van der Waals surface area contributed by atoms with Crippen LogP contribution < -0.4 is 5.32 Å². The van der Waals surface area contributed by atoms with Gasteiger partial charge < -0.3 is 10.1 Å². The maximum atomic E-state index is 6.08. The topological polar surface area (TPSA) is 47.0 Å². The molecule has 1 fully saturated rings. The Labute approximate surface area is 103 Å². The van der Waals surface area contributed by atoms with E-state index in [9.17, 15) is 0 Å². The second-order valence-electron chi connectivity index (χ2n) is 4.60. The monoisotopic (exact) mass is 235 g/mol. The number of rotatable bonds is 5. The van der Waals surface area contributed by atoms with Crippen LogP contribution in [0.1, 0.15) is 44.2 Å². The lowest BCUT2D eigenvalue weighted by Crippen LogP contribution is -2.43. The third kappa shape index (κ3) is 2.48. The number of hydrogen-bond donors (Lipinski definition) is 1.